The van der Waals surface area contributed by atoms with E-state index >= 15 is 0 Å². The molecule has 1 aromatic heterocycles. The van der Waals surface area contributed by atoms with Crippen LogP contribution in [0.4, 0.5) is 5.82 Å². The molecular weight excluding hydrogens is 378 g/mol. The van der Waals surface area contributed by atoms with Gasteiger partial charge in [-0.1, -0.05) is 54.3 Å². The molecule has 1 atom stereocenters. The summed E-state index contributed by atoms with van der Waals surface area (Å²) in [5.74, 6) is 1.34. The molecule has 0 saturated heterocycles. The quantitative estimate of drug-likeness (QED) is 0.486. The molecule has 0 unspecified atom stereocenters. The number of anilines is 1. The van der Waals surface area contributed by atoms with E-state index in [-0.39, 0.29) is 12.1 Å². The maximum absolute atomic E-state index is 12.6. The van der Waals surface area contributed by atoms with Crippen LogP contribution in [-0.2, 0) is 0 Å². The fraction of sp³-hybridized carbons (Fsp3) is 0.100. The molecule has 3 aromatic rings. The van der Waals surface area contributed by atoms with Gasteiger partial charge in [-0.3, -0.25) is 9.36 Å². The van der Waals surface area contributed by atoms with Crippen LogP contribution in [0.25, 0.3) is 5.69 Å². The highest BCUT2D eigenvalue weighted by atomic mass is 32.1. The minimum Gasteiger partial charge on any atom is -0.490 e. The number of para-hydroxylation sites is 1. The Kier molecular flexibility index (Phi) is 4.79. The van der Waals surface area contributed by atoms with Crippen LogP contribution in [0.1, 0.15) is 21.4 Å². The number of hydrogen-bond donors (Lipinski definition) is 2. The highest BCUT2D eigenvalue weighted by Gasteiger charge is 2.29. The number of nitrogens with one attached hydrogen (secondary N) is 2. The molecule has 1 amide bonds. The van der Waals surface area contributed by atoms with E-state index in [4.69, 9.17) is 17.0 Å². The molecule has 4 rings (SSSR count). The molecule has 0 spiro atoms. The van der Waals surface area contributed by atoms with Crippen LogP contribution in [0, 0.1) is 3.95 Å². The molecule has 0 radical (unpaired) electrons. The highest BCUT2D eigenvalue weighted by molar-refractivity contribution is 7.73. The van der Waals surface area contributed by atoms with Gasteiger partial charge in [-0.25, -0.2) is 0 Å². The molecule has 0 bridgehead atoms. The Balaban J connectivity index is 1.67. The number of nitrogens with zero attached hydrogens (tertiary/aromatic N) is 1. The summed E-state index contributed by atoms with van der Waals surface area (Å²) >= 11 is 6.81. The van der Waals surface area contributed by atoms with Gasteiger partial charge >= 0.3 is 0 Å². The van der Waals surface area contributed by atoms with Crippen LogP contribution in [0.2, 0.25) is 0 Å². The van der Waals surface area contributed by atoms with Gasteiger partial charge in [0.05, 0.1) is 0 Å². The summed E-state index contributed by atoms with van der Waals surface area (Å²) < 4.78 is 8.05. The molecule has 27 heavy (non-hydrogen) atoms. The van der Waals surface area contributed by atoms with Crippen molar-refractivity contribution in [3.63, 3.8) is 0 Å². The number of ether oxygens (including phenoxy) is 1. The smallest absolute Gasteiger partial charge is 0.267 e. The van der Waals surface area contributed by atoms with E-state index in [1.54, 1.807) is 6.08 Å². The Morgan fingerprint density at radius 2 is 1.89 bits per heavy atom. The summed E-state index contributed by atoms with van der Waals surface area (Å²) in [5, 5.41) is 6.40. The predicted molar refractivity (Wildman–Crippen MR) is 110 cm³/mol. The van der Waals surface area contributed by atoms with Crippen LogP contribution in [0.15, 0.2) is 67.3 Å². The predicted octanol–water partition coefficient (Wildman–Crippen LogP) is 4.69. The first kappa shape index (κ1) is 17.5. The van der Waals surface area contributed by atoms with Gasteiger partial charge in [-0.2, -0.15) is 0 Å². The first-order valence-corrected chi connectivity index (χ1v) is 9.62. The highest BCUT2D eigenvalue weighted by Crippen LogP contribution is 2.34. The van der Waals surface area contributed by atoms with Crippen LogP contribution < -0.4 is 15.4 Å². The van der Waals surface area contributed by atoms with Gasteiger partial charge in [0.1, 0.15) is 29.2 Å². The van der Waals surface area contributed by atoms with E-state index in [0.29, 0.717) is 15.4 Å². The number of thiazole rings is 1. The number of carbonyl (C=O) groups is 1. The lowest BCUT2D eigenvalue weighted by molar-refractivity contribution is 0.0939. The van der Waals surface area contributed by atoms with E-state index in [0.717, 1.165) is 22.8 Å². The molecule has 5 nitrogen and oxygen atoms in total. The Morgan fingerprint density at radius 1 is 1.15 bits per heavy atom. The summed E-state index contributed by atoms with van der Waals surface area (Å²) in [7, 11) is 0. The van der Waals surface area contributed by atoms with Crippen LogP contribution in [-0.4, -0.2) is 17.1 Å². The zero-order valence-electron chi connectivity index (χ0n) is 14.3. The number of hydrogen-bond acceptors (Lipinski definition) is 5. The summed E-state index contributed by atoms with van der Waals surface area (Å²) in [6.07, 6.45) is 1.35. The Labute approximate surface area is 165 Å². The Morgan fingerprint density at radius 3 is 2.59 bits per heavy atom. The monoisotopic (exact) mass is 395 g/mol. The SMILES string of the molecule is C=CCOc1ccc([C@H]2NC(=O)c3sc(=S)n(-c4ccccc4)c3N2)cc1. The molecule has 2 aromatic carbocycles. The third kappa shape index (κ3) is 3.39. The topological polar surface area (TPSA) is 55.3 Å². The van der Waals surface area contributed by atoms with Crippen LogP contribution in [0.5, 0.6) is 5.75 Å². The lowest BCUT2D eigenvalue weighted by Crippen LogP contribution is -2.38. The van der Waals surface area contributed by atoms with Crippen molar-refractivity contribution in [1.29, 1.82) is 0 Å². The maximum atomic E-state index is 12.6. The van der Waals surface area contributed by atoms with E-state index in [1.165, 1.54) is 11.3 Å². The third-order valence-corrected chi connectivity index (χ3v) is 5.54. The maximum Gasteiger partial charge on any atom is 0.267 e. The molecule has 7 heteroatoms. The Bertz CT molecular complexity index is 1040. The van der Waals surface area contributed by atoms with Gasteiger partial charge in [0.15, 0.2) is 3.95 Å². The summed E-state index contributed by atoms with van der Waals surface area (Å²) in [5.41, 5.74) is 1.85. The summed E-state index contributed by atoms with van der Waals surface area (Å²) in [4.78, 5) is 13.2. The second-order valence-corrected chi connectivity index (χ2v) is 7.58. The standard InChI is InChI=1S/C20H17N3O2S2/c1-2-12-25-15-10-8-13(9-11-15)17-21-18-16(19(24)22-17)27-20(26)23(18)14-6-4-3-5-7-14/h2-11,17,21H,1,12H2,(H,22,24)/t17-/m1/s1. The van der Waals surface area contributed by atoms with E-state index in [1.807, 2.05) is 59.2 Å². The number of benzene rings is 2. The van der Waals surface area contributed by atoms with Crippen molar-refractivity contribution in [3.8, 4) is 11.4 Å². The van der Waals surface area contributed by atoms with Crippen molar-refractivity contribution < 1.29 is 9.53 Å². The van der Waals surface area contributed by atoms with Gasteiger partial charge in [-0.05, 0) is 42.0 Å². The molecule has 0 saturated carbocycles. The van der Waals surface area contributed by atoms with Gasteiger partial charge in [0.2, 0.25) is 0 Å². The van der Waals surface area contributed by atoms with E-state index in [9.17, 15) is 4.79 Å². The normalized spacial score (nSPS) is 15.4. The number of carbonyl (C=O) groups excluding carboxylic acids is 1. The molecular formula is C20H17N3O2S2. The lowest BCUT2D eigenvalue weighted by atomic mass is 10.1. The van der Waals surface area contributed by atoms with Gasteiger partial charge < -0.3 is 15.4 Å². The van der Waals surface area contributed by atoms with Crippen LogP contribution >= 0.6 is 23.6 Å². The Hall–Kier alpha value is -2.90. The van der Waals surface area contributed by atoms with Crippen molar-refractivity contribution in [1.82, 2.24) is 9.88 Å². The molecule has 0 fully saturated rings. The lowest BCUT2D eigenvalue weighted by Gasteiger charge is -2.27. The third-order valence-electron chi connectivity index (χ3n) is 4.17. The number of fused-ring (bicyclic) bond motifs is 1. The van der Waals surface area contributed by atoms with Gasteiger partial charge in [0, 0.05) is 5.69 Å². The summed E-state index contributed by atoms with van der Waals surface area (Å²) in [6.45, 7) is 4.09. The molecule has 2 heterocycles. The van der Waals surface area contributed by atoms with Crippen molar-refractivity contribution >= 4 is 35.3 Å². The van der Waals surface area contributed by atoms with Crippen LogP contribution in [0.3, 0.4) is 0 Å². The van der Waals surface area contributed by atoms with Crippen molar-refractivity contribution in [2.24, 2.45) is 0 Å². The number of amides is 1. The molecule has 0 aliphatic carbocycles. The van der Waals surface area contributed by atoms with Gasteiger partial charge in [-0.15, -0.1) is 0 Å². The molecule has 1 aliphatic heterocycles. The summed E-state index contributed by atoms with van der Waals surface area (Å²) in [6, 6.07) is 17.4. The first-order chi connectivity index (χ1) is 13.2. The molecule has 1 aliphatic rings. The second kappa shape index (κ2) is 7.38. The van der Waals surface area contributed by atoms with Crippen molar-refractivity contribution in [2.75, 3.05) is 11.9 Å². The van der Waals surface area contributed by atoms with Crippen molar-refractivity contribution in [2.45, 2.75) is 6.17 Å². The largest absolute Gasteiger partial charge is 0.490 e. The van der Waals surface area contributed by atoms with E-state index in [2.05, 4.69) is 17.2 Å². The minimum atomic E-state index is -0.350. The fourth-order valence-corrected chi connectivity index (χ4v) is 4.23. The van der Waals surface area contributed by atoms with Crippen molar-refractivity contribution in [3.05, 3.63) is 81.6 Å². The average molecular weight is 396 g/mol. The number of aromatic nitrogens is 1. The second-order valence-electron chi connectivity index (χ2n) is 5.94. The zero-order valence-corrected chi connectivity index (χ0v) is 16.0. The first-order valence-electron chi connectivity index (χ1n) is 8.39. The zero-order chi connectivity index (χ0) is 18.8. The molecule has 2 N–H and O–H groups in total. The fourth-order valence-electron chi connectivity index (χ4n) is 2.92. The molecule has 136 valence electrons. The van der Waals surface area contributed by atoms with E-state index < -0.39 is 0 Å². The van der Waals surface area contributed by atoms with Gasteiger partial charge in [0.25, 0.3) is 5.91 Å². The minimum absolute atomic E-state index is 0.133. The average Bonchev–Trinajstić information content (AvgIpc) is 3.04. The number of rotatable bonds is 5.